The molecule has 0 N–H and O–H groups in total. The molecule has 1 atom stereocenters. The predicted octanol–water partition coefficient (Wildman–Crippen LogP) is 1.92. The van der Waals surface area contributed by atoms with Crippen molar-refractivity contribution in [3.63, 3.8) is 0 Å². The van der Waals surface area contributed by atoms with Crippen LogP contribution in [0, 0.1) is 0 Å². The fraction of sp³-hybridized carbons (Fsp3) is 1.00. The maximum Gasteiger partial charge on any atom is 0.0894 e. The van der Waals surface area contributed by atoms with Crippen molar-refractivity contribution in [3.8, 4) is 0 Å². The Morgan fingerprint density at radius 1 is 1.33 bits per heavy atom. The summed E-state index contributed by atoms with van der Waals surface area (Å²) >= 11 is 0. The van der Waals surface area contributed by atoms with Gasteiger partial charge in [0.15, 0.2) is 0 Å². The Labute approximate surface area is 55.2 Å². The summed E-state index contributed by atoms with van der Waals surface area (Å²) in [5.41, 5.74) is 0. The summed E-state index contributed by atoms with van der Waals surface area (Å²) in [5, 5.41) is 0. The van der Waals surface area contributed by atoms with Crippen LogP contribution in [0.25, 0.3) is 0 Å². The predicted molar refractivity (Wildman–Crippen MR) is 34.2 cm³/mol. The zero-order valence-corrected chi connectivity index (χ0v) is 5.61. The molecule has 1 unspecified atom stereocenters. The molecule has 0 radical (unpaired) electrons. The summed E-state index contributed by atoms with van der Waals surface area (Å²) in [7, 11) is 0. The van der Waals surface area contributed by atoms with Crippen molar-refractivity contribution >= 4 is 0 Å². The van der Waals surface area contributed by atoms with Crippen molar-refractivity contribution in [3.05, 3.63) is 0 Å². The summed E-state index contributed by atoms with van der Waals surface area (Å²) in [4.78, 5) is 0. The minimum atomic E-state index is -0.161. The maximum absolute atomic E-state index is 11.5. The van der Waals surface area contributed by atoms with Gasteiger partial charge in [-0.25, -0.2) is 0 Å². The number of hydrogen-bond donors (Lipinski definition) is 0. The van der Waals surface area contributed by atoms with Crippen molar-refractivity contribution < 1.29 is 9.13 Å². The van der Waals surface area contributed by atoms with Crippen LogP contribution in [0.1, 0.15) is 25.7 Å². The number of ether oxygens (including phenoxy) is 1. The molecule has 2 heteroatoms. The summed E-state index contributed by atoms with van der Waals surface area (Å²) in [6, 6.07) is 0. The van der Waals surface area contributed by atoms with Gasteiger partial charge in [0.1, 0.15) is 0 Å². The third kappa shape index (κ3) is 3.46. The Morgan fingerprint density at radius 3 is 2.67 bits per heavy atom. The van der Waals surface area contributed by atoms with Gasteiger partial charge in [0.2, 0.25) is 0 Å². The molecule has 1 aliphatic rings. The second-order valence-electron chi connectivity index (χ2n) is 2.49. The van der Waals surface area contributed by atoms with E-state index in [0.717, 1.165) is 32.3 Å². The zero-order chi connectivity index (χ0) is 6.53. The molecule has 0 aliphatic carbocycles. The second-order valence-corrected chi connectivity index (χ2v) is 2.49. The van der Waals surface area contributed by atoms with Crippen LogP contribution in [0.2, 0.25) is 0 Å². The highest BCUT2D eigenvalue weighted by atomic mass is 19.1. The first-order valence-corrected chi connectivity index (χ1v) is 3.61. The first-order valence-electron chi connectivity index (χ1n) is 3.61. The van der Waals surface area contributed by atoms with Crippen molar-refractivity contribution in [1.82, 2.24) is 0 Å². The van der Waals surface area contributed by atoms with Crippen molar-refractivity contribution in [2.24, 2.45) is 0 Å². The smallest absolute Gasteiger partial charge is 0.0894 e. The van der Waals surface area contributed by atoms with Gasteiger partial charge in [-0.1, -0.05) is 12.8 Å². The van der Waals surface area contributed by atoms with Crippen LogP contribution in [0.5, 0.6) is 0 Å². The van der Waals surface area contributed by atoms with Crippen LogP contribution in [-0.4, -0.2) is 19.4 Å². The molecule has 0 aromatic heterocycles. The Bertz CT molecular complexity index is 71.3. The first kappa shape index (κ1) is 7.00. The van der Waals surface area contributed by atoms with Gasteiger partial charge in [0, 0.05) is 0 Å². The maximum atomic E-state index is 11.5. The number of alkyl halides is 1. The standard InChI is InChI=1S/C7H13FO/c8-5-3-1-2-4-7-6-9-7/h7H,1-6H2. The van der Waals surface area contributed by atoms with Gasteiger partial charge >= 0.3 is 0 Å². The lowest BCUT2D eigenvalue weighted by atomic mass is 10.2. The highest BCUT2D eigenvalue weighted by Crippen LogP contribution is 2.16. The Kier molecular flexibility index (Phi) is 2.98. The van der Waals surface area contributed by atoms with Crippen LogP contribution in [0.4, 0.5) is 4.39 Å². The van der Waals surface area contributed by atoms with Gasteiger partial charge < -0.3 is 4.74 Å². The number of halogens is 1. The van der Waals surface area contributed by atoms with Gasteiger partial charge in [-0.3, -0.25) is 4.39 Å². The van der Waals surface area contributed by atoms with E-state index in [1.807, 2.05) is 0 Å². The van der Waals surface area contributed by atoms with Gasteiger partial charge in [0.25, 0.3) is 0 Å². The van der Waals surface area contributed by atoms with E-state index in [1.165, 1.54) is 0 Å². The van der Waals surface area contributed by atoms with E-state index in [9.17, 15) is 4.39 Å². The molecule has 1 aliphatic heterocycles. The third-order valence-electron chi connectivity index (χ3n) is 1.56. The Balaban J connectivity index is 1.71. The largest absolute Gasteiger partial charge is 0.373 e. The monoisotopic (exact) mass is 132 g/mol. The minimum absolute atomic E-state index is 0.161. The summed E-state index contributed by atoms with van der Waals surface area (Å²) < 4.78 is 16.5. The van der Waals surface area contributed by atoms with Crippen molar-refractivity contribution in [2.45, 2.75) is 31.8 Å². The highest BCUT2D eigenvalue weighted by Gasteiger charge is 2.20. The molecule has 0 amide bonds. The van der Waals surface area contributed by atoms with E-state index in [2.05, 4.69) is 0 Å². The van der Waals surface area contributed by atoms with Crippen LogP contribution >= 0.6 is 0 Å². The second kappa shape index (κ2) is 3.83. The van der Waals surface area contributed by atoms with Gasteiger partial charge in [0.05, 0.1) is 19.4 Å². The molecule has 1 saturated heterocycles. The van der Waals surface area contributed by atoms with Gasteiger partial charge in [-0.15, -0.1) is 0 Å². The Hall–Kier alpha value is -0.110. The quantitative estimate of drug-likeness (QED) is 0.411. The SMILES string of the molecule is FCCCCCC1CO1. The lowest BCUT2D eigenvalue weighted by molar-refractivity contribution is 0.382. The molecule has 0 saturated carbocycles. The molecule has 1 nitrogen and oxygen atoms in total. The molecule has 1 heterocycles. The summed E-state index contributed by atoms with van der Waals surface area (Å²) in [5.74, 6) is 0. The number of hydrogen-bond acceptors (Lipinski definition) is 1. The number of unbranched alkanes of at least 4 members (excludes halogenated alkanes) is 2. The van der Waals surface area contributed by atoms with Crippen LogP contribution in [0.3, 0.4) is 0 Å². The van der Waals surface area contributed by atoms with Crippen LogP contribution in [-0.2, 0) is 4.74 Å². The summed E-state index contributed by atoms with van der Waals surface area (Å²) in [6.07, 6.45) is 4.56. The fourth-order valence-electron chi connectivity index (χ4n) is 0.878. The minimum Gasteiger partial charge on any atom is -0.373 e. The molecular weight excluding hydrogens is 119 g/mol. The van der Waals surface area contributed by atoms with E-state index in [4.69, 9.17) is 4.74 Å². The number of epoxide rings is 1. The summed E-state index contributed by atoms with van der Waals surface area (Å²) in [6.45, 7) is 0.779. The van der Waals surface area contributed by atoms with Gasteiger partial charge in [-0.05, 0) is 12.8 Å². The molecular formula is C7H13FO. The first-order chi connectivity index (χ1) is 4.43. The van der Waals surface area contributed by atoms with Crippen LogP contribution < -0.4 is 0 Å². The van der Waals surface area contributed by atoms with Crippen molar-refractivity contribution in [2.75, 3.05) is 13.3 Å². The van der Waals surface area contributed by atoms with Crippen LogP contribution in [0.15, 0.2) is 0 Å². The van der Waals surface area contributed by atoms with Crippen molar-refractivity contribution in [1.29, 1.82) is 0 Å². The molecule has 1 rings (SSSR count). The molecule has 54 valence electrons. The van der Waals surface area contributed by atoms with E-state index in [0.29, 0.717) is 6.10 Å². The third-order valence-corrected chi connectivity index (χ3v) is 1.56. The molecule has 0 aromatic carbocycles. The number of rotatable bonds is 5. The average Bonchev–Trinajstić information content (AvgIpc) is 2.63. The molecule has 0 spiro atoms. The van der Waals surface area contributed by atoms with E-state index in [1.54, 1.807) is 0 Å². The molecule has 9 heavy (non-hydrogen) atoms. The lowest BCUT2D eigenvalue weighted by Crippen LogP contribution is -1.85. The molecule has 1 fully saturated rings. The molecule has 0 bridgehead atoms. The average molecular weight is 132 g/mol. The Morgan fingerprint density at radius 2 is 2.11 bits per heavy atom. The zero-order valence-electron chi connectivity index (χ0n) is 5.61. The highest BCUT2D eigenvalue weighted by molar-refractivity contribution is 4.67. The van der Waals surface area contributed by atoms with E-state index in [-0.39, 0.29) is 6.67 Å². The molecule has 0 aromatic rings. The lowest BCUT2D eigenvalue weighted by Gasteiger charge is -1.92. The normalized spacial score (nSPS) is 24.3. The topological polar surface area (TPSA) is 12.5 Å². The van der Waals surface area contributed by atoms with E-state index >= 15 is 0 Å². The van der Waals surface area contributed by atoms with E-state index < -0.39 is 0 Å². The van der Waals surface area contributed by atoms with Gasteiger partial charge in [-0.2, -0.15) is 0 Å². The fourth-order valence-corrected chi connectivity index (χ4v) is 0.878.